The molecule has 32 heavy (non-hydrogen) atoms. The Bertz CT molecular complexity index is 1200. The van der Waals surface area contributed by atoms with E-state index in [0.717, 1.165) is 28.3 Å². The summed E-state index contributed by atoms with van der Waals surface area (Å²) in [5.41, 5.74) is 3.27. The van der Waals surface area contributed by atoms with Crippen molar-refractivity contribution in [3.05, 3.63) is 53.4 Å². The van der Waals surface area contributed by atoms with E-state index in [4.69, 9.17) is 14.0 Å². The zero-order chi connectivity index (χ0) is 22.5. The first kappa shape index (κ1) is 21.3. The first-order chi connectivity index (χ1) is 15.5. The molecule has 0 aliphatic heterocycles. The molecule has 10 heteroatoms. The summed E-state index contributed by atoms with van der Waals surface area (Å²) in [6, 6.07) is 11.0. The van der Waals surface area contributed by atoms with Crippen LogP contribution in [-0.4, -0.2) is 51.1 Å². The van der Waals surface area contributed by atoms with Gasteiger partial charge in [-0.1, -0.05) is 5.16 Å². The lowest BCUT2D eigenvalue weighted by molar-refractivity contribution is -0.121. The molecule has 0 unspecified atom stereocenters. The van der Waals surface area contributed by atoms with Crippen LogP contribution < -0.4 is 14.8 Å². The van der Waals surface area contributed by atoms with Gasteiger partial charge in [0.1, 0.15) is 18.1 Å². The minimum atomic E-state index is -0.0578. The summed E-state index contributed by atoms with van der Waals surface area (Å²) < 4.78 is 17.6. The number of hydrogen-bond acceptors (Lipinski definition) is 8. The SMILES string of the molecule is COc1ccc(-c2nnc3ccc(OCCNC(=O)CCc4c(C)noc4C)nn23)cc1. The molecule has 0 aliphatic carbocycles. The van der Waals surface area contributed by atoms with Crippen molar-refractivity contribution in [1.82, 2.24) is 30.3 Å². The van der Waals surface area contributed by atoms with Crippen LogP contribution in [0.3, 0.4) is 0 Å². The van der Waals surface area contributed by atoms with E-state index in [9.17, 15) is 4.79 Å². The smallest absolute Gasteiger partial charge is 0.231 e. The predicted octanol–water partition coefficient (Wildman–Crippen LogP) is 2.53. The minimum Gasteiger partial charge on any atom is -0.497 e. The van der Waals surface area contributed by atoms with E-state index < -0.39 is 0 Å². The third-order valence-electron chi connectivity index (χ3n) is 5.04. The Balaban J connectivity index is 1.31. The Labute approximate surface area is 184 Å². The minimum absolute atomic E-state index is 0.0578. The Hall–Kier alpha value is -3.95. The van der Waals surface area contributed by atoms with Crippen molar-refractivity contribution < 1.29 is 18.8 Å². The second kappa shape index (κ2) is 9.46. The number of methoxy groups -OCH3 is 1. The summed E-state index contributed by atoms with van der Waals surface area (Å²) in [6.45, 7) is 4.38. The maximum Gasteiger partial charge on any atom is 0.231 e. The molecule has 0 saturated carbocycles. The van der Waals surface area contributed by atoms with Crippen LogP contribution in [0.25, 0.3) is 17.0 Å². The van der Waals surface area contributed by atoms with Gasteiger partial charge in [0.15, 0.2) is 11.5 Å². The lowest BCUT2D eigenvalue weighted by Gasteiger charge is -2.08. The van der Waals surface area contributed by atoms with E-state index in [-0.39, 0.29) is 12.5 Å². The first-order valence-corrected chi connectivity index (χ1v) is 10.2. The van der Waals surface area contributed by atoms with Crippen molar-refractivity contribution in [2.45, 2.75) is 26.7 Å². The van der Waals surface area contributed by atoms with Gasteiger partial charge < -0.3 is 19.3 Å². The van der Waals surface area contributed by atoms with Crippen LogP contribution in [0.1, 0.15) is 23.4 Å². The number of rotatable bonds is 9. The fourth-order valence-electron chi connectivity index (χ4n) is 3.30. The van der Waals surface area contributed by atoms with Crippen molar-refractivity contribution >= 4 is 11.6 Å². The number of aromatic nitrogens is 5. The molecule has 4 rings (SSSR count). The Kier molecular flexibility index (Phi) is 6.29. The van der Waals surface area contributed by atoms with E-state index in [1.54, 1.807) is 23.8 Å². The van der Waals surface area contributed by atoms with Gasteiger partial charge in [-0.25, -0.2) is 0 Å². The summed E-state index contributed by atoms with van der Waals surface area (Å²) in [6.07, 6.45) is 0.951. The lowest BCUT2D eigenvalue weighted by atomic mass is 10.1. The predicted molar refractivity (Wildman–Crippen MR) is 116 cm³/mol. The van der Waals surface area contributed by atoms with Gasteiger partial charge in [-0.15, -0.1) is 15.3 Å². The average Bonchev–Trinajstić information content (AvgIpc) is 3.37. The molecule has 3 aromatic heterocycles. The van der Waals surface area contributed by atoms with Crippen LogP contribution >= 0.6 is 0 Å². The summed E-state index contributed by atoms with van der Waals surface area (Å²) in [5.74, 6) is 2.46. The largest absolute Gasteiger partial charge is 0.497 e. The zero-order valence-electron chi connectivity index (χ0n) is 18.2. The van der Waals surface area contributed by atoms with Crippen molar-refractivity contribution in [1.29, 1.82) is 0 Å². The molecule has 0 atom stereocenters. The van der Waals surface area contributed by atoms with Crippen molar-refractivity contribution in [2.24, 2.45) is 0 Å². The number of aryl methyl sites for hydroxylation is 2. The van der Waals surface area contributed by atoms with Crippen LogP contribution in [-0.2, 0) is 11.2 Å². The highest BCUT2D eigenvalue weighted by Gasteiger charge is 2.12. The van der Waals surface area contributed by atoms with Crippen LogP contribution in [0.5, 0.6) is 11.6 Å². The van der Waals surface area contributed by atoms with Gasteiger partial charge in [0.25, 0.3) is 0 Å². The van der Waals surface area contributed by atoms with Gasteiger partial charge in [0, 0.05) is 23.6 Å². The lowest BCUT2D eigenvalue weighted by Crippen LogP contribution is -2.28. The fraction of sp³-hybridized carbons (Fsp3) is 0.318. The van der Waals surface area contributed by atoms with Crippen LogP contribution in [0.2, 0.25) is 0 Å². The number of benzene rings is 1. The van der Waals surface area contributed by atoms with Gasteiger partial charge in [-0.3, -0.25) is 4.79 Å². The number of carbonyl (C=O) groups is 1. The molecule has 0 aliphatic rings. The number of fused-ring (bicyclic) bond motifs is 1. The molecular formula is C22H24N6O4. The number of amides is 1. The van der Waals surface area contributed by atoms with E-state index >= 15 is 0 Å². The standard InChI is InChI=1S/C22H24N6O4/c1-14-18(15(2)32-27-14)8-10-20(29)23-12-13-31-21-11-9-19-24-25-22(28(19)26-21)16-4-6-17(30-3)7-5-16/h4-7,9,11H,8,10,12-13H2,1-3H3,(H,23,29). The first-order valence-electron chi connectivity index (χ1n) is 10.2. The molecule has 4 aromatic rings. The molecule has 0 bridgehead atoms. The monoisotopic (exact) mass is 436 g/mol. The Morgan fingerprint density at radius 1 is 1.12 bits per heavy atom. The normalized spacial score (nSPS) is 11.0. The van der Waals surface area contributed by atoms with Crippen molar-refractivity contribution in [3.63, 3.8) is 0 Å². The third kappa shape index (κ3) is 4.69. The number of nitrogens with zero attached hydrogens (tertiary/aromatic N) is 5. The fourth-order valence-corrected chi connectivity index (χ4v) is 3.30. The van der Waals surface area contributed by atoms with Crippen LogP contribution in [0, 0.1) is 13.8 Å². The Morgan fingerprint density at radius 2 is 1.94 bits per heavy atom. The Morgan fingerprint density at radius 3 is 2.66 bits per heavy atom. The zero-order valence-corrected chi connectivity index (χ0v) is 18.2. The maximum atomic E-state index is 12.1. The molecule has 0 spiro atoms. The van der Waals surface area contributed by atoms with Crippen molar-refractivity contribution in [2.75, 3.05) is 20.3 Å². The molecule has 166 valence electrons. The highest BCUT2D eigenvalue weighted by Crippen LogP contribution is 2.22. The highest BCUT2D eigenvalue weighted by molar-refractivity contribution is 5.76. The van der Waals surface area contributed by atoms with Crippen LogP contribution in [0.15, 0.2) is 40.9 Å². The number of hydrogen-bond donors (Lipinski definition) is 1. The summed E-state index contributed by atoms with van der Waals surface area (Å²) in [7, 11) is 1.62. The quantitative estimate of drug-likeness (QED) is 0.398. The van der Waals surface area contributed by atoms with Crippen LogP contribution in [0.4, 0.5) is 0 Å². The highest BCUT2D eigenvalue weighted by atomic mass is 16.5. The van der Waals surface area contributed by atoms with Gasteiger partial charge in [-0.05, 0) is 50.6 Å². The molecule has 0 radical (unpaired) electrons. The molecular weight excluding hydrogens is 412 g/mol. The second-order valence-corrected chi connectivity index (χ2v) is 7.19. The maximum absolute atomic E-state index is 12.1. The number of ether oxygens (including phenoxy) is 2. The number of nitrogens with one attached hydrogen (secondary N) is 1. The summed E-state index contributed by atoms with van der Waals surface area (Å²) >= 11 is 0. The average molecular weight is 436 g/mol. The van der Waals surface area contributed by atoms with E-state index in [2.05, 4.69) is 25.8 Å². The summed E-state index contributed by atoms with van der Waals surface area (Å²) in [4.78, 5) is 12.1. The van der Waals surface area contributed by atoms with E-state index in [0.29, 0.717) is 36.7 Å². The molecule has 1 N–H and O–H groups in total. The van der Waals surface area contributed by atoms with Gasteiger partial charge in [0.05, 0.1) is 19.3 Å². The second-order valence-electron chi connectivity index (χ2n) is 7.19. The van der Waals surface area contributed by atoms with Gasteiger partial charge in [-0.2, -0.15) is 4.52 Å². The van der Waals surface area contributed by atoms with Crippen molar-refractivity contribution in [3.8, 4) is 23.0 Å². The molecule has 10 nitrogen and oxygen atoms in total. The molecule has 0 fully saturated rings. The molecule has 0 saturated heterocycles. The number of carbonyl (C=O) groups excluding carboxylic acids is 1. The third-order valence-corrected chi connectivity index (χ3v) is 5.04. The van der Waals surface area contributed by atoms with Gasteiger partial charge in [0.2, 0.25) is 11.8 Å². The topological polar surface area (TPSA) is 117 Å². The molecule has 3 heterocycles. The van der Waals surface area contributed by atoms with E-state index in [1.807, 2.05) is 38.1 Å². The molecule has 1 aromatic carbocycles. The summed E-state index contributed by atoms with van der Waals surface area (Å²) in [5, 5.41) is 19.6. The van der Waals surface area contributed by atoms with Gasteiger partial charge >= 0.3 is 0 Å². The molecule has 1 amide bonds. The van der Waals surface area contributed by atoms with E-state index in [1.165, 1.54) is 0 Å².